The highest BCUT2D eigenvalue weighted by Crippen LogP contribution is 2.20. The van der Waals surface area contributed by atoms with Crippen molar-refractivity contribution in [3.8, 4) is 0 Å². The molecule has 0 heterocycles. The Kier molecular flexibility index (Phi) is 4.19. The van der Waals surface area contributed by atoms with Crippen LogP contribution in [0.15, 0.2) is 12.8 Å². The number of ether oxygens (including phenoxy) is 1. The Hall–Kier alpha value is -0.500. The second-order valence-electron chi connectivity index (χ2n) is 3.92. The van der Waals surface area contributed by atoms with Crippen molar-refractivity contribution in [2.75, 3.05) is 6.61 Å². The summed E-state index contributed by atoms with van der Waals surface area (Å²) >= 11 is 0. The molecule has 1 atom stereocenters. The van der Waals surface area contributed by atoms with Crippen LogP contribution < -0.4 is 0 Å². The number of rotatable bonds is 4. The van der Waals surface area contributed by atoms with E-state index in [1.165, 1.54) is 6.26 Å². The van der Waals surface area contributed by atoms with Gasteiger partial charge in [0.1, 0.15) is 6.61 Å². The van der Waals surface area contributed by atoms with Crippen molar-refractivity contribution < 1.29 is 9.84 Å². The molecule has 0 aliphatic heterocycles. The summed E-state index contributed by atoms with van der Waals surface area (Å²) in [5, 5.41) is 9.34. The van der Waals surface area contributed by atoms with Crippen LogP contribution in [-0.4, -0.2) is 17.8 Å². The van der Waals surface area contributed by atoms with Gasteiger partial charge in [-0.15, -0.1) is 0 Å². The minimum atomic E-state index is -0.381. The van der Waals surface area contributed by atoms with Crippen LogP contribution in [0.5, 0.6) is 0 Å². The van der Waals surface area contributed by atoms with Gasteiger partial charge < -0.3 is 9.84 Å². The molecular weight excluding hydrogens is 140 g/mol. The molecule has 2 heteroatoms. The van der Waals surface area contributed by atoms with Crippen LogP contribution in [0.3, 0.4) is 0 Å². The predicted octanol–water partition coefficient (Wildman–Crippen LogP) is 1.94. The van der Waals surface area contributed by atoms with E-state index in [9.17, 15) is 5.11 Å². The Balaban J connectivity index is 3.51. The van der Waals surface area contributed by atoms with Crippen molar-refractivity contribution in [2.24, 2.45) is 5.41 Å². The first-order valence-electron chi connectivity index (χ1n) is 3.86. The highest BCUT2D eigenvalue weighted by Gasteiger charge is 2.16. The normalized spacial score (nSPS) is 14.2. The lowest BCUT2D eigenvalue weighted by atomic mass is 9.89. The molecular formula is C9H18O2. The van der Waals surface area contributed by atoms with Crippen molar-refractivity contribution in [3.63, 3.8) is 0 Å². The van der Waals surface area contributed by atoms with Crippen molar-refractivity contribution in [1.29, 1.82) is 0 Å². The van der Waals surface area contributed by atoms with E-state index in [1.807, 2.05) is 0 Å². The predicted molar refractivity (Wildman–Crippen MR) is 46.2 cm³/mol. The summed E-state index contributed by atoms with van der Waals surface area (Å²) in [7, 11) is 0. The molecule has 0 aromatic carbocycles. The van der Waals surface area contributed by atoms with E-state index in [2.05, 4.69) is 27.4 Å². The Bertz CT molecular complexity index is 113. The lowest BCUT2D eigenvalue weighted by Crippen LogP contribution is -2.21. The van der Waals surface area contributed by atoms with Gasteiger partial charge in [0.2, 0.25) is 0 Å². The third kappa shape index (κ3) is 7.40. The third-order valence-electron chi connectivity index (χ3n) is 1.25. The van der Waals surface area contributed by atoms with E-state index in [0.29, 0.717) is 6.61 Å². The fourth-order valence-electron chi connectivity index (χ4n) is 0.945. The maximum absolute atomic E-state index is 9.34. The van der Waals surface area contributed by atoms with Crippen LogP contribution in [0.25, 0.3) is 0 Å². The van der Waals surface area contributed by atoms with Gasteiger partial charge in [-0.05, 0) is 11.8 Å². The van der Waals surface area contributed by atoms with Gasteiger partial charge in [-0.2, -0.15) is 0 Å². The summed E-state index contributed by atoms with van der Waals surface area (Å²) in [4.78, 5) is 0. The minimum absolute atomic E-state index is 0.157. The van der Waals surface area contributed by atoms with E-state index in [1.54, 1.807) is 0 Å². The molecule has 0 bridgehead atoms. The summed E-state index contributed by atoms with van der Waals surface area (Å²) in [6.07, 6.45) is 1.72. The van der Waals surface area contributed by atoms with E-state index >= 15 is 0 Å². The second-order valence-corrected chi connectivity index (χ2v) is 3.92. The van der Waals surface area contributed by atoms with Crippen LogP contribution in [0.2, 0.25) is 0 Å². The molecule has 2 nitrogen and oxygen atoms in total. The zero-order valence-electron chi connectivity index (χ0n) is 7.63. The number of aliphatic hydroxyl groups excluding tert-OH is 1. The first-order valence-corrected chi connectivity index (χ1v) is 3.86. The van der Waals surface area contributed by atoms with Gasteiger partial charge in [-0.3, -0.25) is 0 Å². The molecule has 1 N–H and O–H groups in total. The molecule has 0 amide bonds. The highest BCUT2D eigenvalue weighted by molar-refractivity contribution is 4.68. The maximum Gasteiger partial charge on any atom is 0.113 e. The van der Waals surface area contributed by atoms with Crippen LogP contribution in [-0.2, 0) is 4.74 Å². The lowest BCUT2D eigenvalue weighted by molar-refractivity contribution is 0.0536. The summed E-state index contributed by atoms with van der Waals surface area (Å²) in [5.74, 6) is 0. The minimum Gasteiger partial charge on any atom is -0.499 e. The van der Waals surface area contributed by atoms with E-state index in [0.717, 1.165) is 6.42 Å². The fraction of sp³-hybridized carbons (Fsp3) is 0.778. The van der Waals surface area contributed by atoms with Crippen LogP contribution in [0.1, 0.15) is 27.2 Å². The molecule has 0 aromatic heterocycles. The van der Waals surface area contributed by atoms with Crippen LogP contribution in [0, 0.1) is 5.41 Å². The summed E-state index contributed by atoms with van der Waals surface area (Å²) < 4.78 is 4.86. The van der Waals surface area contributed by atoms with E-state index in [-0.39, 0.29) is 11.5 Å². The van der Waals surface area contributed by atoms with Crippen molar-refractivity contribution >= 4 is 0 Å². The molecule has 0 radical (unpaired) electrons. The molecule has 0 aliphatic carbocycles. The molecule has 0 saturated carbocycles. The molecule has 0 rings (SSSR count). The van der Waals surface area contributed by atoms with Crippen LogP contribution >= 0.6 is 0 Å². The first kappa shape index (κ1) is 10.5. The summed E-state index contributed by atoms with van der Waals surface area (Å²) in [6.45, 7) is 10.0. The Morgan fingerprint density at radius 3 is 2.45 bits per heavy atom. The second kappa shape index (κ2) is 4.39. The molecule has 0 aromatic rings. The Labute approximate surface area is 68.9 Å². The molecule has 11 heavy (non-hydrogen) atoms. The fourth-order valence-corrected chi connectivity index (χ4v) is 0.945. The lowest BCUT2D eigenvalue weighted by Gasteiger charge is -2.21. The zero-order valence-corrected chi connectivity index (χ0v) is 7.63. The quantitative estimate of drug-likeness (QED) is 0.634. The van der Waals surface area contributed by atoms with Gasteiger partial charge in [-0.25, -0.2) is 0 Å². The summed E-state index contributed by atoms with van der Waals surface area (Å²) in [6, 6.07) is 0. The molecule has 0 spiro atoms. The van der Waals surface area contributed by atoms with Gasteiger partial charge in [0, 0.05) is 0 Å². The van der Waals surface area contributed by atoms with Gasteiger partial charge >= 0.3 is 0 Å². The maximum atomic E-state index is 9.34. The highest BCUT2D eigenvalue weighted by atomic mass is 16.5. The van der Waals surface area contributed by atoms with Crippen molar-refractivity contribution in [2.45, 2.75) is 33.3 Å². The molecule has 0 fully saturated rings. The molecule has 0 aliphatic rings. The standard InChI is InChI=1S/C9H18O2/c1-5-11-7-8(10)6-9(2,3)4/h5,8,10H,1,6-7H2,2-4H3. The van der Waals surface area contributed by atoms with Gasteiger partial charge in [0.15, 0.2) is 0 Å². The SMILES string of the molecule is C=COCC(O)CC(C)(C)C. The monoisotopic (exact) mass is 158 g/mol. The average molecular weight is 158 g/mol. The average Bonchev–Trinajstić information content (AvgIpc) is 1.79. The number of hydrogen-bond acceptors (Lipinski definition) is 2. The smallest absolute Gasteiger partial charge is 0.113 e. The Morgan fingerprint density at radius 1 is 1.55 bits per heavy atom. The molecule has 66 valence electrons. The molecule has 0 saturated heterocycles. The molecule has 1 unspecified atom stereocenters. The number of aliphatic hydroxyl groups is 1. The van der Waals surface area contributed by atoms with Crippen molar-refractivity contribution in [1.82, 2.24) is 0 Å². The largest absolute Gasteiger partial charge is 0.499 e. The topological polar surface area (TPSA) is 29.5 Å². The van der Waals surface area contributed by atoms with Crippen LogP contribution in [0.4, 0.5) is 0 Å². The van der Waals surface area contributed by atoms with Gasteiger partial charge in [0.25, 0.3) is 0 Å². The summed E-state index contributed by atoms with van der Waals surface area (Å²) in [5.41, 5.74) is 0.157. The first-order chi connectivity index (χ1) is 4.95. The Morgan fingerprint density at radius 2 is 2.09 bits per heavy atom. The third-order valence-corrected chi connectivity index (χ3v) is 1.25. The van der Waals surface area contributed by atoms with E-state index < -0.39 is 0 Å². The zero-order chi connectivity index (χ0) is 8.91. The number of hydrogen-bond donors (Lipinski definition) is 1. The van der Waals surface area contributed by atoms with E-state index in [4.69, 9.17) is 4.74 Å². The van der Waals surface area contributed by atoms with Crippen molar-refractivity contribution in [3.05, 3.63) is 12.8 Å². The van der Waals surface area contributed by atoms with Gasteiger partial charge in [0.05, 0.1) is 12.4 Å². The van der Waals surface area contributed by atoms with Gasteiger partial charge in [-0.1, -0.05) is 27.4 Å².